The summed E-state index contributed by atoms with van der Waals surface area (Å²) in [5.41, 5.74) is 5.15. The normalized spacial score (nSPS) is 17.2. The number of halogens is 1. The van der Waals surface area contributed by atoms with E-state index >= 15 is 0 Å². The lowest BCUT2D eigenvalue weighted by atomic mass is 9.94. The van der Waals surface area contributed by atoms with Crippen LogP contribution in [0, 0.1) is 5.92 Å². The van der Waals surface area contributed by atoms with Gasteiger partial charge >= 0.3 is 0 Å². The third kappa shape index (κ3) is 5.76. The maximum absolute atomic E-state index is 13.3. The second kappa shape index (κ2) is 11.2. The van der Waals surface area contributed by atoms with Crippen LogP contribution in [0.5, 0.6) is 0 Å². The minimum absolute atomic E-state index is 0.0225. The number of amides is 1. The van der Waals surface area contributed by atoms with E-state index in [1.807, 2.05) is 66.7 Å². The Balaban J connectivity index is 1.35. The summed E-state index contributed by atoms with van der Waals surface area (Å²) in [4.78, 5) is 21.0. The maximum Gasteiger partial charge on any atom is 0.247 e. The summed E-state index contributed by atoms with van der Waals surface area (Å²) in [6.45, 7) is 4.76. The number of benzene rings is 3. The fourth-order valence-corrected chi connectivity index (χ4v) is 4.57. The molecule has 4 aromatic rings. The average molecular weight is 497 g/mol. The van der Waals surface area contributed by atoms with Gasteiger partial charge in [0.15, 0.2) is 0 Å². The van der Waals surface area contributed by atoms with Gasteiger partial charge in [-0.2, -0.15) is 0 Å². The zero-order valence-corrected chi connectivity index (χ0v) is 20.4. The van der Waals surface area contributed by atoms with Gasteiger partial charge in [0.05, 0.1) is 12.2 Å². The second-order valence-corrected chi connectivity index (χ2v) is 9.07. The highest BCUT2D eigenvalue weighted by molar-refractivity contribution is 6.00. The van der Waals surface area contributed by atoms with Crippen LogP contribution < -0.4 is 21.3 Å². The molecule has 5 rings (SSSR count). The van der Waals surface area contributed by atoms with Crippen molar-refractivity contribution in [1.29, 1.82) is 0 Å². The molecule has 2 heterocycles. The first kappa shape index (κ1) is 24.4. The summed E-state index contributed by atoms with van der Waals surface area (Å²) in [6.07, 6.45) is 3.93. The van der Waals surface area contributed by atoms with E-state index in [9.17, 15) is 9.18 Å². The molecule has 0 radical (unpaired) electrons. The number of carbonyl (C=O) groups excluding carboxylic acids is 1. The molecule has 0 bridgehead atoms. The Kier molecular flexibility index (Phi) is 7.37. The monoisotopic (exact) mass is 496 g/mol. The lowest BCUT2D eigenvalue weighted by Gasteiger charge is -2.31. The van der Waals surface area contributed by atoms with Crippen LogP contribution >= 0.6 is 0 Å². The van der Waals surface area contributed by atoms with Gasteiger partial charge in [-0.05, 0) is 61.0 Å². The van der Waals surface area contributed by atoms with Gasteiger partial charge in [-0.1, -0.05) is 36.9 Å². The third-order valence-corrected chi connectivity index (χ3v) is 6.54. The number of fused-ring (bicyclic) bond motifs is 1. The van der Waals surface area contributed by atoms with Crippen LogP contribution in [0.3, 0.4) is 0 Å². The number of hydrogen-bond donors (Lipinski definition) is 4. The molecule has 0 unspecified atom stereocenters. The van der Waals surface area contributed by atoms with Gasteiger partial charge in [-0.25, -0.2) is 9.97 Å². The summed E-state index contributed by atoms with van der Waals surface area (Å²) < 4.78 is 13.3. The van der Waals surface area contributed by atoms with Crippen molar-refractivity contribution in [2.24, 2.45) is 5.92 Å². The molecular weight excluding hydrogens is 467 g/mol. The van der Waals surface area contributed by atoms with Gasteiger partial charge in [-0.15, -0.1) is 0 Å². The van der Waals surface area contributed by atoms with Crippen molar-refractivity contribution in [2.45, 2.75) is 12.5 Å². The molecule has 1 amide bonds. The van der Waals surface area contributed by atoms with Gasteiger partial charge in [0, 0.05) is 52.7 Å². The average Bonchev–Trinajstić information content (AvgIpc) is 2.94. The standard InChI is InChI=1S/C29H29FN6O/c1-2-27(37)34-24-7-3-5-19(15-24)25-8-4-6-20-18-32-29(36-28(20)25)35-23-11-9-22(10-12-23)33-26-13-14-31-17-21(26)16-30/h2-12,15,18,21,26,31,33H,1,13-14,16-17H2,(H,34,37)(H,32,35,36)/t21-,26+/m1/s1. The molecule has 0 aliphatic carbocycles. The number of aromatic nitrogens is 2. The van der Waals surface area contributed by atoms with Crippen molar-refractivity contribution in [3.8, 4) is 11.1 Å². The van der Waals surface area contributed by atoms with Crippen LogP contribution in [-0.2, 0) is 4.79 Å². The number of carbonyl (C=O) groups is 1. The summed E-state index contributed by atoms with van der Waals surface area (Å²) in [6, 6.07) is 21.5. The molecule has 188 valence electrons. The molecule has 7 nitrogen and oxygen atoms in total. The molecule has 1 fully saturated rings. The molecule has 4 N–H and O–H groups in total. The number of nitrogens with one attached hydrogen (secondary N) is 4. The second-order valence-electron chi connectivity index (χ2n) is 9.07. The molecule has 1 aromatic heterocycles. The molecule has 3 aromatic carbocycles. The molecular formula is C29H29FN6O. The SMILES string of the molecule is C=CC(=O)Nc1cccc(-c2cccc3cnc(Nc4ccc(N[C@H]5CCNC[C@H]5CF)cc4)nc23)c1. The highest BCUT2D eigenvalue weighted by Crippen LogP contribution is 2.30. The van der Waals surface area contributed by atoms with E-state index in [2.05, 4.69) is 32.8 Å². The Hall–Kier alpha value is -4.30. The van der Waals surface area contributed by atoms with E-state index < -0.39 is 0 Å². The predicted octanol–water partition coefficient (Wildman–Crippen LogP) is 5.52. The molecule has 1 aliphatic heterocycles. The number of nitrogens with zero attached hydrogens (tertiary/aromatic N) is 2. The molecule has 0 spiro atoms. The van der Waals surface area contributed by atoms with E-state index in [1.54, 1.807) is 6.20 Å². The highest BCUT2D eigenvalue weighted by Gasteiger charge is 2.24. The minimum atomic E-state index is -0.334. The van der Waals surface area contributed by atoms with Gasteiger partial charge in [0.25, 0.3) is 0 Å². The fourth-order valence-electron chi connectivity index (χ4n) is 4.57. The maximum atomic E-state index is 13.3. The van der Waals surface area contributed by atoms with Crippen LogP contribution in [0.2, 0.25) is 0 Å². The molecule has 37 heavy (non-hydrogen) atoms. The fraction of sp³-hybridized carbons (Fsp3) is 0.207. The van der Waals surface area contributed by atoms with Crippen LogP contribution in [0.4, 0.5) is 27.4 Å². The Morgan fingerprint density at radius 1 is 1.08 bits per heavy atom. The van der Waals surface area contributed by atoms with Gasteiger partial charge in [0.1, 0.15) is 0 Å². The number of alkyl halides is 1. The Labute approximate surface area is 215 Å². The van der Waals surface area contributed by atoms with E-state index in [-0.39, 0.29) is 24.5 Å². The largest absolute Gasteiger partial charge is 0.382 e. The van der Waals surface area contributed by atoms with Crippen molar-refractivity contribution in [1.82, 2.24) is 15.3 Å². The van der Waals surface area contributed by atoms with Crippen LogP contribution in [-0.4, -0.2) is 41.7 Å². The van der Waals surface area contributed by atoms with Gasteiger partial charge in [0.2, 0.25) is 11.9 Å². The quantitative estimate of drug-likeness (QED) is 0.240. The number of hydrogen-bond acceptors (Lipinski definition) is 6. The van der Waals surface area contributed by atoms with Crippen molar-refractivity contribution in [3.63, 3.8) is 0 Å². The summed E-state index contributed by atoms with van der Waals surface area (Å²) in [5.74, 6) is 0.196. The minimum Gasteiger partial charge on any atom is -0.382 e. The summed E-state index contributed by atoms with van der Waals surface area (Å²) >= 11 is 0. The lowest BCUT2D eigenvalue weighted by molar-refractivity contribution is -0.111. The van der Waals surface area contributed by atoms with Crippen LogP contribution in [0.15, 0.2) is 85.6 Å². The Morgan fingerprint density at radius 3 is 2.70 bits per heavy atom. The zero-order chi connectivity index (χ0) is 25.6. The van der Waals surface area contributed by atoms with Crippen molar-refractivity contribution in [2.75, 3.05) is 35.7 Å². The van der Waals surface area contributed by atoms with Gasteiger partial charge < -0.3 is 21.3 Å². The number of para-hydroxylation sites is 1. The van der Waals surface area contributed by atoms with Crippen LogP contribution in [0.1, 0.15) is 6.42 Å². The smallest absolute Gasteiger partial charge is 0.247 e. The van der Waals surface area contributed by atoms with E-state index in [4.69, 9.17) is 4.98 Å². The zero-order valence-electron chi connectivity index (χ0n) is 20.4. The lowest BCUT2D eigenvalue weighted by Crippen LogP contribution is -2.44. The number of anilines is 4. The summed E-state index contributed by atoms with van der Waals surface area (Å²) in [7, 11) is 0. The first-order valence-corrected chi connectivity index (χ1v) is 12.3. The number of rotatable bonds is 8. The molecule has 1 saturated heterocycles. The van der Waals surface area contributed by atoms with Crippen LogP contribution in [0.25, 0.3) is 22.0 Å². The van der Waals surface area contributed by atoms with Crippen molar-refractivity contribution < 1.29 is 9.18 Å². The number of piperidine rings is 1. The first-order chi connectivity index (χ1) is 18.1. The highest BCUT2D eigenvalue weighted by atomic mass is 19.1. The third-order valence-electron chi connectivity index (χ3n) is 6.54. The predicted molar refractivity (Wildman–Crippen MR) is 148 cm³/mol. The van der Waals surface area contributed by atoms with Crippen molar-refractivity contribution in [3.05, 3.63) is 85.6 Å². The topological polar surface area (TPSA) is 91.0 Å². The van der Waals surface area contributed by atoms with Crippen molar-refractivity contribution >= 4 is 39.8 Å². The Bertz CT molecular complexity index is 1410. The first-order valence-electron chi connectivity index (χ1n) is 12.3. The molecule has 0 saturated carbocycles. The summed E-state index contributed by atoms with van der Waals surface area (Å²) in [5, 5.41) is 13.7. The molecule has 1 aliphatic rings. The molecule has 8 heteroatoms. The van der Waals surface area contributed by atoms with E-state index in [1.165, 1.54) is 6.08 Å². The molecule has 2 atom stereocenters. The Morgan fingerprint density at radius 2 is 1.89 bits per heavy atom. The van der Waals surface area contributed by atoms with Gasteiger partial charge in [-0.3, -0.25) is 9.18 Å². The van der Waals surface area contributed by atoms with E-state index in [0.717, 1.165) is 46.4 Å². The van der Waals surface area contributed by atoms with E-state index in [0.29, 0.717) is 18.2 Å².